The Balaban J connectivity index is 1.24. The van der Waals surface area contributed by atoms with Crippen LogP contribution in [0.4, 0.5) is 0 Å². The highest BCUT2D eigenvalue weighted by molar-refractivity contribution is 5.91. The molecule has 1 spiro atoms. The molecule has 4 nitrogen and oxygen atoms in total. The van der Waals surface area contributed by atoms with Crippen molar-refractivity contribution in [3.63, 3.8) is 0 Å². The molecule has 0 amide bonds. The lowest BCUT2D eigenvalue weighted by molar-refractivity contribution is -0.0397. The third-order valence-electron chi connectivity index (χ3n) is 12.0. The summed E-state index contributed by atoms with van der Waals surface area (Å²) < 4.78 is 0. The van der Waals surface area contributed by atoms with Gasteiger partial charge in [0, 0.05) is 22.1 Å². The van der Waals surface area contributed by atoms with E-state index in [0.717, 1.165) is 45.5 Å². The van der Waals surface area contributed by atoms with Crippen molar-refractivity contribution < 1.29 is 0 Å². The summed E-state index contributed by atoms with van der Waals surface area (Å²) in [4.78, 5) is 15.6. The molecule has 5 aromatic carbocycles. The number of fused-ring (bicyclic) bond motifs is 3. The van der Waals surface area contributed by atoms with Gasteiger partial charge >= 0.3 is 0 Å². The van der Waals surface area contributed by atoms with Gasteiger partial charge in [-0.05, 0) is 101 Å². The minimum absolute atomic E-state index is 0.0750. The van der Waals surface area contributed by atoms with Crippen molar-refractivity contribution in [3.8, 4) is 62.5 Å². The Morgan fingerprint density at radius 2 is 1.06 bits per heavy atom. The monoisotopic (exact) mass is 618 g/mol. The van der Waals surface area contributed by atoms with Gasteiger partial charge < -0.3 is 0 Å². The molecule has 5 aliphatic carbocycles. The Labute approximate surface area is 281 Å². The molecular formula is C44H34N4. The molecule has 1 heterocycles. The van der Waals surface area contributed by atoms with E-state index in [1.54, 1.807) is 0 Å². The summed E-state index contributed by atoms with van der Waals surface area (Å²) in [5.74, 6) is 5.00. The van der Waals surface area contributed by atoms with Gasteiger partial charge in [0.15, 0.2) is 17.5 Å². The van der Waals surface area contributed by atoms with Crippen LogP contribution in [0.5, 0.6) is 0 Å². The molecule has 0 atom stereocenters. The summed E-state index contributed by atoms with van der Waals surface area (Å²) in [6.45, 7) is 0. The van der Waals surface area contributed by atoms with Gasteiger partial charge in [-0.25, -0.2) is 15.0 Å². The van der Waals surface area contributed by atoms with E-state index >= 15 is 0 Å². The van der Waals surface area contributed by atoms with Crippen molar-refractivity contribution in [2.45, 2.75) is 37.5 Å². The number of nitrogens with zero attached hydrogens (tertiary/aromatic N) is 4. The van der Waals surface area contributed by atoms with Crippen LogP contribution in [0.1, 0.15) is 48.8 Å². The Bertz CT molecular complexity index is 2180. The molecule has 5 aliphatic rings. The minimum atomic E-state index is -0.0750. The maximum atomic E-state index is 9.97. The number of aromatic nitrogens is 3. The summed E-state index contributed by atoms with van der Waals surface area (Å²) in [6, 6.07) is 44.8. The molecule has 4 bridgehead atoms. The Hall–Kier alpha value is -5.40. The molecule has 11 rings (SSSR count). The third kappa shape index (κ3) is 3.97. The lowest BCUT2D eigenvalue weighted by Crippen LogP contribution is -2.55. The molecule has 4 saturated carbocycles. The lowest BCUT2D eigenvalue weighted by atomic mass is 9.43. The number of hydrogen-bond acceptors (Lipinski definition) is 4. The number of nitriles is 1. The third-order valence-corrected chi connectivity index (χ3v) is 12.0. The van der Waals surface area contributed by atoms with Crippen LogP contribution >= 0.6 is 0 Å². The molecular weight excluding hydrogens is 585 g/mol. The standard InChI is InChI=1S/C44H34N4/c45-26-32-14-7-8-15-35(32)31-18-19-39-38(25-31)36-16-9-17-37(40(36)44(39)33-21-27-20-28(23-33)24-34(44)22-27)43-47-41(29-10-3-1-4-11-29)46-42(48-43)30-12-5-2-6-13-30/h1-19,25,27-28,33-34H,20-24H2. The van der Waals surface area contributed by atoms with E-state index in [4.69, 9.17) is 15.0 Å². The predicted octanol–water partition coefficient (Wildman–Crippen LogP) is 10.1. The average Bonchev–Trinajstić information content (AvgIpc) is 3.44. The van der Waals surface area contributed by atoms with E-state index in [1.165, 1.54) is 54.4 Å². The van der Waals surface area contributed by atoms with Crippen molar-refractivity contribution in [1.82, 2.24) is 15.0 Å². The second kappa shape index (κ2) is 10.6. The highest BCUT2D eigenvalue weighted by Crippen LogP contribution is 2.70. The molecule has 230 valence electrons. The molecule has 0 aliphatic heterocycles. The smallest absolute Gasteiger partial charge is 0.164 e. The molecule has 6 aromatic rings. The van der Waals surface area contributed by atoms with Gasteiger partial charge in [-0.3, -0.25) is 0 Å². The molecule has 0 saturated heterocycles. The number of benzene rings is 5. The fraction of sp³-hybridized carbons (Fsp3) is 0.227. The zero-order valence-corrected chi connectivity index (χ0v) is 26.7. The van der Waals surface area contributed by atoms with Gasteiger partial charge in [-0.15, -0.1) is 0 Å². The molecule has 0 N–H and O–H groups in total. The van der Waals surface area contributed by atoms with Crippen LogP contribution in [0, 0.1) is 35.0 Å². The van der Waals surface area contributed by atoms with Crippen molar-refractivity contribution in [2.75, 3.05) is 0 Å². The summed E-state index contributed by atoms with van der Waals surface area (Å²) in [5.41, 5.74) is 11.3. The van der Waals surface area contributed by atoms with Crippen molar-refractivity contribution >= 4 is 0 Å². The number of rotatable bonds is 4. The molecule has 0 unspecified atom stereocenters. The molecule has 48 heavy (non-hydrogen) atoms. The molecule has 1 aromatic heterocycles. The first-order valence-electron chi connectivity index (χ1n) is 17.4. The summed E-state index contributed by atoms with van der Waals surface area (Å²) in [5, 5.41) is 9.97. The van der Waals surface area contributed by atoms with Gasteiger partial charge in [0.25, 0.3) is 0 Å². The zero-order chi connectivity index (χ0) is 31.8. The van der Waals surface area contributed by atoms with E-state index in [9.17, 15) is 5.26 Å². The largest absolute Gasteiger partial charge is 0.208 e. The Morgan fingerprint density at radius 3 is 1.71 bits per heavy atom. The maximum absolute atomic E-state index is 9.97. The topological polar surface area (TPSA) is 62.5 Å². The van der Waals surface area contributed by atoms with Crippen LogP contribution in [0.3, 0.4) is 0 Å². The van der Waals surface area contributed by atoms with Crippen LogP contribution in [0.2, 0.25) is 0 Å². The van der Waals surface area contributed by atoms with Crippen LogP contribution in [0.15, 0.2) is 121 Å². The van der Waals surface area contributed by atoms with Crippen LogP contribution in [0.25, 0.3) is 56.4 Å². The maximum Gasteiger partial charge on any atom is 0.164 e. The van der Waals surface area contributed by atoms with Gasteiger partial charge in [0.05, 0.1) is 11.6 Å². The molecule has 4 fully saturated rings. The van der Waals surface area contributed by atoms with Gasteiger partial charge in [-0.1, -0.05) is 109 Å². The summed E-state index contributed by atoms with van der Waals surface area (Å²) in [7, 11) is 0. The van der Waals surface area contributed by atoms with Gasteiger partial charge in [0.2, 0.25) is 0 Å². The summed E-state index contributed by atoms with van der Waals surface area (Å²) >= 11 is 0. The highest BCUT2D eigenvalue weighted by atomic mass is 15.0. The number of hydrogen-bond donors (Lipinski definition) is 0. The first-order valence-corrected chi connectivity index (χ1v) is 17.4. The van der Waals surface area contributed by atoms with Crippen molar-refractivity contribution in [1.29, 1.82) is 5.26 Å². The van der Waals surface area contributed by atoms with E-state index in [0.29, 0.717) is 29.0 Å². The van der Waals surface area contributed by atoms with E-state index < -0.39 is 0 Å². The molecule has 0 radical (unpaired) electrons. The van der Waals surface area contributed by atoms with E-state index in [2.05, 4.69) is 72.8 Å². The summed E-state index contributed by atoms with van der Waals surface area (Å²) in [6.07, 6.45) is 6.58. The first-order chi connectivity index (χ1) is 23.7. The van der Waals surface area contributed by atoms with Gasteiger partial charge in [-0.2, -0.15) is 5.26 Å². The predicted molar refractivity (Wildman–Crippen MR) is 190 cm³/mol. The van der Waals surface area contributed by atoms with Crippen molar-refractivity contribution in [2.24, 2.45) is 23.7 Å². The Morgan fingerprint density at radius 1 is 0.500 bits per heavy atom. The quantitative estimate of drug-likeness (QED) is 0.197. The van der Waals surface area contributed by atoms with Gasteiger partial charge in [0.1, 0.15) is 0 Å². The normalized spacial score (nSPS) is 24.3. The highest BCUT2D eigenvalue weighted by Gasteiger charge is 2.62. The average molecular weight is 619 g/mol. The minimum Gasteiger partial charge on any atom is -0.208 e. The fourth-order valence-corrected chi connectivity index (χ4v) is 10.4. The second-order valence-corrected chi connectivity index (χ2v) is 14.4. The van der Waals surface area contributed by atoms with Crippen molar-refractivity contribution in [3.05, 3.63) is 138 Å². The zero-order valence-electron chi connectivity index (χ0n) is 26.7. The molecule has 4 heteroatoms. The lowest BCUT2D eigenvalue weighted by Gasteiger charge is -2.61. The van der Waals surface area contributed by atoms with Crippen LogP contribution in [-0.4, -0.2) is 15.0 Å². The SMILES string of the molecule is N#Cc1ccccc1-c1ccc2c(c1)-c1cccc(-c3nc(-c4ccccc4)nc(-c4ccccc4)n3)c1C21C2CC3CC(C2)CC1C3. The fourth-order valence-electron chi connectivity index (χ4n) is 10.4. The van der Waals surface area contributed by atoms with Crippen LogP contribution < -0.4 is 0 Å². The Kier molecular flexibility index (Phi) is 6.09. The first kappa shape index (κ1) is 27.7. The second-order valence-electron chi connectivity index (χ2n) is 14.4. The van der Waals surface area contributed by atoms with E-state index in [1.807, 2.05) is 54.6 Å². The van der Waals surface area contributed by atoms with Crippen LogP contribution in [-0.2, 0) is 5.41 Å². The van der Waals surface area contributed by atoms with E-state index in [-0.39, 0.29) is 5.41 Å².